The monoisotopic (exact) mass is 283 g/mol. The van der Waals surface area contributed by atoms with E-state index in [1.807, 2.05) is 6.07 Å². The lowest BCUT2D eigenvalue weighted by Crippen LogP contribution is -2.37. The lowest BCUT2D eigenvalue weighted by atomic mass is 10.3. The molecule has 0 aliphatic heterocycles. The van der Waals surface area contributed by atoms with Gasteiger partial charge in [-0.1, -0.05) is 6.07 Å². The molecule has 104 valence electrons. The molecule has 6 nitrogen and oxygen atoms in total. The summed E-state index contributed by atoms with van der Waals surface area (Å²) in [7, 11) is -2.08. The van der Waals surface area contributed by atoms with E-state index in [0.29, 0.717) is 11.4 Å². The Hall–Kier alpha value is -1.78. The van der Waals surface area contributed by atoms with Gasteiger partial charge in [0, 0.05) is 19.2 Å². The van der Waals surface area contributed by atoms with Crippen LogP contribution in [0.5, 0.6) is 5.75 Å². The van der Waals surface area contributed by atoms with Gasteiger partial charge in [0.1, 0.15) is 11.8 Å². The highest BCUT2D eigenvalue weighted by Crippen LogP contribution is 2.19. The molecule has 0 saturated carbocycles. The van der Waals surface area contributed by atoms with Crippen molar-refractivity contribution in [1.82, 2.24) is 4.31 Å². The maximum absolute atomic E-state index is 12.0. The molecule has 0 atom stereocenters. The molecule has 1 aromatic carbocycles. The van der Waals surface area contributed by atoms with E-state index in [1.165, 1.54) is 17.4 Å². The molecule has 0 unspecified atom stereocenters. The number of nitrogens with zero attached hydrogens (tertiary/aromatic N) is 2. The zero-order valence-electron chi connectivity index (χ0n) is 11.1. The van der Waals surface area contributed by atoms with Crippen LogP contribution in [0.3, 0.4) is 0 Å². The fraction of sp³-hybridized carbons (Fsp3) is 0.417. The summed E-state index contributed by atoms with van der Waals surface area (Å²) in [6.45, 7) is 3.49. The predicted octanol–water partition coefficient (Wildman–Crippen LogP) is 1.59. The highest BCUT2D eigenvalue weighted by atomic mass is 32.2. The van der Waals surface area contributed by atoms with Crippen molar-refractivity contribution in [2.45, 2.75) is 19.9 Å². The number of rotatable bonds is 6. The molecule has 0 aliphatic rings. The van der Waals surface area contributed by atoms with Gasteiger partial charge >= 0.3 is 10.2 Å². The largest absolute Gasteiger partial charge is 0.479 e. The lowest BCUT2D eigenvalue weighted by Gasteiger charge is -2.21. The molecule has 7 heteroatoms. The van der Waals surface area contributed by atoms with E-state index in [0.717, 1.165) is 0 Å². The maximum atomic E-state index is 12.0. The predicted molar refractivity (Wildman–Crippen MR) is 73.0 cm³/mol. The first-order chi connectivity index (χ1) is 8.86. The van der Waals surface area contributed by atoms with Crippen LogP contribution in [0.15, 0.2) is 24.3 Å². The number of hydrogen-bond acceptors (Lipinski definition) is 4. The number of nitriles is 1. The first kappa shape index (κ1) is 15.3. The average molecular weight is 283 g/mol. The first-order valence-corrected chi connectivity index (χ1v) is 7.16. The summed E-state index contributed by atoms with van der Waals surface area (Å²) in [4.78, 5) is 0. The Morgan fingerprint density at radius 3 is 2.74 bits per heavy atom. The third-order valence-corrected chi connectivity index (χ3v) is 4.16. The zero-order chi connectivity index (χ0) is 14.5. The molecule has 1 N–H and O–H groups in total. The Kier molecular flexibility index (Phi) is 5.15. The van der Waals surface area contributed by atoms with Gasteiger partial charge in [-0.2, -0.15) is 18.0 Å². The van der Waals surface area contributed by atoms with Gasteiger partial charge in [-0.3, -0.25) is 4.72 Å². The average Bonchev–Trinajstić information content (AvgIpc) is 2.35. The normalized spacial score (nSPS) is 11.4. The molecule has 0 spiro atoms. The summed E-state index contributed by atoms with van der Waals surface area (Å²) < 4.78 is 32.8. The van der Waals surface area contributed by atoms with E-state index in [1.54, 1.807) is 32.0 Å². The van der Waals surface area contributed by atoms with Crippen LogP contribution in [0.4, 0.5) is 5.69 Å². The van der Waals surface area contributed by atoms with Gasteiger partial charge < -0.3 is 4.74 Å². The highest BCUT2D eigenvalue weighted by Gasteiger charge is 2.20. The minimum absolute atomic E-state index is 0.0812. The SMILES string of the molecule is CC(C)N(C)S(=O)(=O)Nc1cccc(OCC#N)c1. The second kappa shape index (κ2) is 6.41. The fourth-order valence-electron chi connectivity index (χ4n) is 1.26. The summed E-state index contributed by atoms with van der Waals surface area (Å²) in [5.41, 5.74) is 0.392. The standard InChI is InChI=1S/C12H17N3O3S/c1-10(2)15(3)19(16,17)14-11-5-4-6-12(9-11)18-8-7-13/h4-6,9-10,14H,8H2,1-3H3. The van der Waals surface area contributed by atoms with Crippen LogP contribution in [-0.4, -0.2) is 32.4 Å². The lowest BCUT2D eigenvalue weighted by molar-refractivity contribution is 0.368. The highest BCUT2D eigenvalue weighted by molar-refractivity contribution is 7.90. The minimum Gasteiger partial charge on any atom is -0.479 e. The van der Waals surface area contributed by atoms with Crippen molar-refractivity contribution in [2.75, 3.05) is 18.4 Å². The quantitative estimate of drug-likeness (QED) is 0.859. The summed E-state index contributed by atoms with van der Waals surface area (Å²) in [6.07, 6.45) is 0. The molecule has 19 heavy (non-hydrogen) atoms. The molecule has 0 amide bonds. The van der Waals surface area contributed by atoms with Gasteiger partial charge in [-0.25, -0.2) is 0 Å². The Bertz CT molecular complexity index is 564. The van der Waals surface area contributed by atoms with Crippen LogP contribution >= 0.6 is 0 Å². The first-order valence-electron chi connectivity index (χ1n) is 5.72. The van der Waals surface area contributed by atoms with Crippen molar-refractivity contribution in [3.63, 3.8) is 0 Å². The number of hydrogen-bond donors (Lipinski definition) is 1. The van der Waals surface area contributed by atoms with E-state index < -0.39 is 10.2 Å². The summed E-state index contributed by atoms with van der Waals surface area (Å²) in [5, 5.41) is 8.42. The van der Waals surface area contributed by atoms with E-state index in [2.05, 4.69) is 4.72 Å². The molecule has 0 fully saturated rings. The molecule has 0 heterocycles. The van der Waals surface area contributed by atoms with Crippen LogP contribution in [0.1, 0.15) is 13.8 Å². The van der Waals surface area contributed by atoms with Crippen LogP contribution in [0.2, 0.25) is 0 Å². The van der Waals surface area contributed by atoms with Gasteiger partial charge in [0.2, 0.25) is 0 Å². The molecule has 0 bridgehead atoms. The molecule has 1 aromatic rings. The maximum Gasteiger partial charge on any atom is 0.301 e. The van der Waals surface area contributed by atoms with Crippen molar-refractivity contribution in [3.8, 4) is 11.8 Å². The third kappa shape index (κ3) is 4.43. The topological polar surface area (TPSA) is 82.4 Å². The number of anilines is 1. The van der Waals surface area contributed by atoms with Gasteiger partial charge in [0.25, 0.3) is 0 Å². The molecule has 1 rings (SSSR count). The Balaban J connectivity index is 2.85. The van der Waals surface area contributed by atoms with Gasteiger partial charge in [-0.05, 0) is 26.0 Å². The number of ether oxygens (including phenoxy) is 1. The molecule has 0 aromatic heterocycles. The summed E-state index contributed by atoms with van der Waals surface area (Å²) in [6, 6.07) is 8.16. The fourth-order valence-corrected chi connectivity index (χ4v) is 2.39. The minimum atomic E-state index is -3.59. The second-order valence-corrected chi connectivity index (χ2v) is 5.92. The molecular weight excluding hydrogens is 266 g/mol. The van der Waals surface area contributed by atoms with E-state index in [4.69, 9.17) is 10.00 Å². The molecular formula is C12H17N3O3S. The van der Waals surface area contributed by atoms with Crippen LogP contribution in [-0.2, 0) is 10.2 Å². The molecule has 0 radical (unpaired) electrons. The third-order valence-electron chi connectivity index (χ3n) is 2.49. The van der Waals surface area contributed by atoms with Crippen LogP contribution < -0.4 is 9.46 Å². The van der Waals surface area contributed by atoms with E-state index >= 15 is 0 Å². The smallest absolute Gasteiger partial charge is 0.301 e. The second-order valence-electron chi connectivity index (χ2n) is 4.19. The summed E-state index contributed by atoms with van der Waals surface area (Å²) in [5.74, 6) is 0.439. The Morgan fingerprint density at radius 1 is 1.47 bits per heavy atom. The zero-order valence-corrected chi connectivity index (χ0v) is 11.9. The van der Waals surface area contributed by atoms with Crippen molar-refractivity contribution in [2.24, 2.45) is 0 Å². The van der Waals surface area contributed by atoms with Crippen LogP contribution in [0.25, 0.3) is 0 Å². The van der Waals surface area contributed by atoms with Gasteiger partial charge in [-0.15, -0.1) is 0 Å². The Labute approximate surface area is 113 Å². The molecule has 0 aliphatic carbocycles. The Morgan fingerprint density at radius 2 is 2.16 bits per heavy atom. The van der Waals surface area contributed by atoms with Crippen molar-refractivity contribution < 1.29 is 13.2 Å². The number of nitrogens with one attached hydrogen (secondary N) is 1. The molecule has 0 saturated heterocycles. The van der Waals surface area contributed by atoms with E-state index in [9.17, 15) is 8.42 Å². The van der Waals surface area contributed by atoms with Gasteiger partial charge in [0.05, 0.1) is 5.69 Å². The van der Waals surface area contributed by atoms with E-state index in [-0.39, 0.29) is 12.6 Å². The van der Waals surface area contributed by atoms with Crippen molar-refractivity contribution in [1.29, 1.82) is 5.26 Å². The van der Waals surface area contributed by atoms with Crippen molar-refractivity contribution >= 4 is 15.9 Å². The van der Waals surface area contributed by atoms with Gasteiger partial charge in [0.15, 0.2) is 6.61 Å². The van der Waals surface area contributed by atoms with Crippen LogP contribution in [0, 0.1) is 11.3 Å². The summed E-state index contributed by atoms with van der Waals surface area (Å²) >= 11 is 0. The number of benzene rings is 1. The van der Waals surface area contributed by atoms with Crippen molar-refractivity contribution in [3.05, 3.63) is 24.3 Å².